The molecule has 4 heterocycles. The van der Waals surface area contributed by atoms with Crippen LogP contribution in [0.15, 0.2) is 73.1 Å². The van der Waals surface area contributed by atoms with Gasteiger partial charge in [-0.15, -0.1) is 0 Å². The average Bonchev–Trinajstić information content (AvgIpc) is 2.89. The Labute approximate surface area is 201 Å². The summed E-state index contributed by atoms with van der Waals surface area (Å²) in [5, 5.41) is 3.18. The fraction of sp³-hybridized carbons (Fsp3) is 0.250. The predicted molar refractivity (Wildman–Crippen MR) is 140 cm³/mol. The maximum absolute atomic E-state index is 4.73. The molecule has 4 aromatic rings. The molecule has 1 N–H and O–H groups in total. The Balaban J connectivity index is 1.44. The van der Waals surface area contributed by atoms with Crippen LogP contribution in [0.3, 0.4) is 0 Å². The highest BCUT2D eigenvalue weighted by atomic mass is 15.2. The lowest BCUT2D eigenvalue weighted by Gasteiger charge is -2.34. The van der Waals surface area contributed by atoms with Crippen LogP contribution in [0.1, 0.15) is 5.69 Å². The van der Waals surface area contributed by atoms with Gasteiger partial charge in [0.05, 0.1) is 11.4 Å². The summed E-state index contributed by atoms with van der Waals surface area (Å²) in [6.07, 6.45) is 3.84. The monoisotopic (exact) mass is 450 g/mol. The first-order valence-corrected chi connectivity index (χ1v) is 11.7. The first-order valence-electron chi connectivity index (χ1n) is 11.7. The van der Waals surface area contributed by atoms with Gasteiger partial charge in [0.1, 0.15) is 5.82 Å². The fourth-order valence-electron chi connectivity index (χ4n) is 4.33. The van der Waals surface area contributed by atoms with E-state index in [1.54, 1.807) is 0 Å². The minimum atomic E-state index is 0.803. The van der Waals surface area contributed by atoms with Crippen molar-refractivity contribution in [2.24, 2.45) is 0 Å². The van der Waals surface area contributed by atoms with Crippen molar-refractivity contribution in [1.29, 1.82) is 0 Å². The number of likely N-dealkylation sites (N-methyl/N-ethyl adjacent to an activating group) is 1. The molecule has 3 aromatic heterocycles. The average molecular weight is 451 g/mol. The SMILES string of the molecule is CNc1cc(-c2cncc(-c3ccc(N4CCN(C)CC4)cc3)c2)cc(-c2cccc(C)n2)n1. The number of hydrogen-bond acceptors (Lipinski definition) is 6. The molecule has 0 bridgehead atoms. The van der Waals surface area contributed by atoms with E-state index in [9.17, 15) is 0 Å². The number of aryl methyl sites for hydroxylation is 1. The van der Waals surface area contributed by atoms with Gasteiger partial charge in [-0.2, -0.15) is 0 Å². The van der Waals surface area contributed by atoms with E-state index < -0.39 is 0 Å². The molecule has 0 radical (unpaired) electrons. The van der Waals surface area contributed by atoms with Gasteiger partial charge in [-0.1, -0.05) is 18.2 Å². The minimum Gasteiger partial charge on any atom is -0.373 e. The zero-order chi connectivity index (χ0) is 23.5. The maximum atomic E-state index is 4.73. The molecule has 0 atom stereocenters. The second-order valence-corrected chi connectivity index (χ2v) is 8.84. The predicted octanol–water partition coefficient (Wildman–Crippen LogP) is 4.97. The highest BCUT2D eigenvalue weighted by Crippen LogP contribution is 2.30. The third kappa shape index (κ3) is 4.77. The van der Waals surface area contributed by atoms with Crippen LogP contribution in [0.25, 0.3) is 33.6 Å². The summed E-state index contributed by atoms with van der Waals surface area (Å²) in [7, 11) is 4.07. The van der Waals surface area contributed by atoms with Crippen LogP contribution in [-0.2, 0) is 0 Å². The van der Waals surface area contributed by atoms with Crippen molar-refractivity contribution in [1.82, 2.24) is 19.9 Å². The molecule has 0 spiro atoms. The molecule has 1 aliphatic heterocycles. The lowest BCUT2D eigenvalue weighted by atomic mass is 10.0. The van der Waals surface area contributed by atoms with Gasteiger partial charge >= 0.3 is 0 Å². The smallest absolute Gasteiger partial charge is 0.127 e. The Bertz CT molecular complexity index is 1280. The van der Waals surface area contributed by atoms with Crippen molar-refractivity contribution in [2.75, 3.05) is 50.5 Å². The van der Waals surface area contributed by atoms with Gasteiger partial charge in [-0.05, 0) is 67.6 Å². The standard InChI is InChI=1S/C28H30N6/c1-20-5-4-6-26(31-20)27-16-22(17-28(29-2)32-27)24-15-23(18-30-19-24)21-7-9-25(10-8-21)34-13-11-33(3)12-14-34/h4-10,15-19H,11-14H2,1-3H3,(H,29,32). The summed E-state index contributed by atoms with van der Waals surface area (Å²) in [5.41, 5.74) is 8.32. The van der Waals surface area contributed by atoms with E-state index in [1.165, 1.54) is 5.69 Å². The Kier molecular flexibility index (Phi) is 6.23. The Morgan fingerprint density at radius 2 is 1.47 bits per heavy atom. The summed E-state index contributed by atoms with van der Waals surface area (Å²) in [6.45, 7) is 6.35. The number of benzene rings is 1. The van der Waals surface area contributed by atoms with E-state index in [0.29, 0.717) is 0 Å². The summed E-state index contributed by atoms with van der Waals surface area (Å²) in [4.78, 5) is 18.8. The normalized spacial score (nSPS) is 14.3. The van der Waals surface area contributed by atoms with Crippen LogP contribution < -0.4 is 10.2 Å². The number of anilines is 2. The quantitative estimate of drug-likeness (QED) is 0.463. The highest BCUT2D eigenvalue weighted by Gasteiger charge is 2.14. The van der Waals surface area contributed by atoms with Crippen molar-refractivity contribution < 1.29 is 0 Å². The van der Waals surface area contributed by atoms with E-state index in [0.717, 1.165) is 71.3 Å². The topological polar surface area (TPSA) is 57.2 Å². The number of nitrogens with one attached hydrogen (secondary N) is 1. The molecule has 1 saturated heterocycles. The van der Waals surface area contributed by atoms with Crippen LogP contribution in [0, 0.1) is 6.92 Å². The molecular weight excluding hydrogens is 420 g/mol. The van der Waals surface area contributed by atoms with Crippen LogP contribution in [0.5, 0.6) is 0 Å². The van der Waals surface area contributed by atoms with E-state index in [-0.39, 0.29) is 0 Å². The Morgan fingerprint density at radius 1 is 0.735 bits per heavy atom. The Hall–Kier alpha value is -3.77. The molecule has 0 saturated carbocycles. The van der Waals surface area contributed by atoms with Gasteiger partial charge in [0.15, 0.2) is 0 Å². The van der Waals surface area contributed by atoms with E-state index in [2.05, 4.69) is 74.6 Å². The second-order valence-electron chi connectivity index (χ2n) is 8.84. The first-order chi connectivity index (χ1) is 16.6. The summed E-state index contributed by atoms with van der Waals surface area (Å²) in [6, 6.07) is 21.2. The molecule has 6 heteroatoms. The fourth-order valence-corrected chi connectivity index (χ4v) is 4.33. The maximum Gasteiger partial charge on any atom is 0.127 e. The summed E-state index contributed by atoms with van der Waals surface area (Å²) >= 11 is 0. The zero-order valence-electron chi connectivity index (χ0n) is 20.0. The number of pyridine rings is 3. The second kappa shape index (κ2) is 9.61. The van der Waals surface area contributed by atoms with Crippen molar-refractivity contribution in [3.05, 3.63) is 78.8 Å². The molecule has 1 aromatic carbocycles. The highest BCUT2D eigenvalue weighted by molar-refractivity contribution is 5.76. The molecule has 34 heavy (non-hydrogen) atoms. The van der Waals surface area contributed by atoms with Crippen LogP contribution >= 0.6 is 0 Å². The van der Waals surface area contributed by atoms with Crippen LogP contribution in [0.2, 0.25) is 0 Å². The van der Waals surface area contributed by atoms with Gasteiger partial charge < -0.3 is 15.1 Å². The number of piperazine rings is 1. The van der Waals surface area contributed by atoms with E-state index in [1.807, 2.05) is 44.6 Å². The number of rotatable bonds is 5. The summed E-state index contributed by atoms with van der Waals surface area (Å²) in [5.74, 6) is 0.803. The first kappa shape index (κ1) is 22.0. The van der Waals surface area contributed by atoms with Crippen molar-refractivity contribution in [2.45, 2.75) is 6.92 Å². The third-order valence-corrected chi connectivity index (χ3v) is 6.37. The number of nitrogens with zero attached hydrogens (tertiary/aromatic N) is 5. The minimum absolute atomic E-state index is 0.803. The van der Waals surface area contributed by atoms with Gasteiger partial charge in [0, 0.05) is 68.1 Å². The van der Waals surface area contributed by atoms with Gasteiger partial charge in [-0.3, -0.25) is 9.97 Å². The van der Waals surface area contributed by atoms with Gasteiger partial charge in [0.2, 0.25) is 0 Å². The molecular formula is C28H30N6. The molecule has 0 aliphatic carbocycles. The molecule has 1 fully saturated rings. The number of hydrogen-bond donors (Lipinski definition) is 1. The van der Waals surface area contributed by atoms with Crippen molar-refractivity contribution >= 4 is 11.5 Å². The lowest BCUT2D eigenvalue weighted by molar-refractivity contribution is 0.313. The molecule has 172 valence electrons. The molecule has 6 nitrogen and oxygen atoms in total. The Morgan fingerprint density at radius 3 is 2.18 bits per heavy atom. The largest absolute Gasteiger partial charge is 0.373 e. The molecule has 5 rings (SSSR count). The van der Waals surface area contributed by atoms with E-state index in [4.69, 9.17) is 4.98 Å². The van der Waals surface area contributed by atoms with Crippen molar-refractivity contribution in [3.63, 3.8) is 0 Å². The van der Waals surface area contributed by atoms with E-state index >= 15 is 0 Å². The van der Waals surface area contributed by atoms with Gasteiger partial charge in [-0.25, -0.2) is 4.98 Å². The summed E-state index contributed by atoms with van der Waals surface area (Å²) < 4.78 is 0. The van der Waals surface area contributed by atoms with Crippen molar-refractivity contribution in [3.8, 4) is 33.6 Å². The third-order valence-electron chi connectivity index (χ3n) is 6.37. The van der Waals surface area contributed by atoms with Crippen LogP contribution in [-0.4, -0.2) is 60.1 Å². The van der Waals surface area contributed by atoms with Gasteiger partial charge in [0.25, 0.3) is 0 Å². The molecule has 1 aliphatic rings. The molecule has 0 unspecified atom stereocenters. The van der Waals surface area contributed by atoms with Crippen LogP contribution in [0.4, 0.5) is 11.5 Å². The number of aromatic nitrogens is 3. The zero-order valence-corrected chi connectivity index (χ0v) is 20.0. The lowest BCUT2D eigenvalue weighted by Crippen LogP contribution is -2.44. The molecule has 0 amide bonds.